The average Bonchev–Trinajstić information content (AvgIpc) is 2.59. The van der Waals surface area contributed by atoms with Crippen LogP contribution in [-0.2, 0) is 25.5 Å². The monoisotopic (exact) mass is 344 g/mol. The van der Waals surface area contributed by atoms with Gasteiger partial charge in [-0.1, -0.05) is 36.4 Å². The molecule has 0 aromatic heterocycles. The van der Waals surface area contributed by atoms with Gasteiger partial charge in [0.2, 0.25) is 5.91 Å². The van der Waals surface area contributed by atoms with Gasteiger partial charge in [-0.3, -0.25) is 14.4 Å². The lowest BCUT2D eigenvalue weighted by molar-refractivity contribution is -0.147. The minimum absolute atomic E-state index is 0.147. The van der Waals surface area contributed by atoms with E-state index >= 15 is 0 Å². The van der Waals surface area contributed by atoms with Crippen LogP contribution in [0, 0.1) is 5.82 Å². The Morgan fingerprint density at radius 3 is 2.44 bits per heavy atom. The number of amides is 2. The highest BCUT2D eigenvalue weighted by Crippen LogP contribution is 2.08. The molecule has 0 aliphatic carbocycles. The molecule has 0 saturated carbocycles. The van der Waals surface area contributed by atoms with Crippen LogP contribution in [0.15, 0.2) is 54.6 Å². The molecule has 0 aliphatic heterocycles. The first-order valence-corrected chi connectivity index (χ1v) is 7.54. The summed E-state index contributed by atoms with van der Waals surface area (Å²) in [6.45, 7) is -0.858. The molecule has 0 heterocycles. The van der Waals surface area contributed by atoms with E-state index in [0.717, 1.165) is 11.6 Å². The Labute approximate surface area is 144 Å². The zero-order valence-corrected chi connectivity index (χ0v) is 13.3. The second kappa shape index (κ2) is 9.17. The summed E-state index contributed by atoms with van der Waals surface area (Å²) in [7, 11) is 0. The van der Waals surface area contributed by atoms with Crippen molar-refractivity contribution in [2.45, 2.75) is 6.42 Å². The maximum atomic E-state index is 13.0. The van der Waals surface area contributed by atoms with Crippen LogP contribution in [-0.4, -0.2) is 30.9 Å². The molecule has 0 saturated heterocycles. The van der Waals surface area contributed by atoms with Crippen molar-refractivity contribution in [3.05, 3.63) is 66.0 Å². The first kappa shape index (κ1) is 18.1. The molecular weight excluding hydrogens is 327 g/mol. The van der Waals surface area contributed by atoms with E-state index in [1.165, 1.54) is 18.2 Å². The molecule has 2 amide bonds. The summed E-state index contributed by atoms with van der Waals surface area (Å²) >= 11 is 0. The number of benzene rings is 2. The van der Waals surface area contributed by atoms with Crippen LogP contribution in [0.1, 0.15) is 5.56 Å². The quantitative estimate of drug-likeness (QED) is 0.748. The maximum Gasteiger partial charge on any atom is 0.325 e. The third-order valence-electron chi connectivity index (χ3n) is 3.11. The van der Waals surface area contributed by atoms with Crippen molar-refractivity contribution in [2.24, 2.45) is 0 Å². The molecule has 0 unspecified atom stereocenters. The molecule has 0 atom stereocenters. The first-order chi connectivity index (χ1) is 12.0. The van der Waals surface area contributed by atoms with Crippen molar-refractivity contribution >= 4 is 23.5 Å². The third kappa shape index (κ3) is 6.82. The van der Waals surface area contributed by atoms with Crippen molar-refractivity contribution in [3.63, 3.8) is 0 Å². The Bertz CT molecular complexity index is 750. The van der Waals surface area contributed by atoms with Crippen molar-refractivity contribution in [2.75, 3.05) is 18.5 Å². The Morgan fingerprint density at radius 2 is 1.72 bits per heavy atom. The average molecular weight is 344 g/mol. The molecular formula is C18H17FN2O4. The highest BCUT2D eigenvalue weighted by molar-refractivity contribution is 5.93. The lowest BCUT2D eigenvalue weighted by Crippen LogP contribution is -2.33. The van der Waals surface area contributed by atoms with E-state index in [1.807, 2.05) is 18.2 Å². The lowest BCUT2D eigenvalue weighted by atomic mass is 10.1. The molecule has 0 radical (unpaired) electrons. The van der Waals surface area contributed by atoms with Gasteiger partial charge in [0.05, 0.1) is 6.42 Å². The van der Waals surface area contributed by atoms with Gasteiger partial charge in [0, 0.05) is 5.69 Å². The molecule has 0 fully saturated rings. The number of ether oxygens (including phenoxy) is 1. The van der Waals surface area contributed by atoms with Gasteiger partial charge in [0.15, 0.2) is 6.61 Å². The zero-order valence-electron chi connectivity index (χ0n) is 13.3. The summed E-state index contributed by atoms with van der Waals surface area (Å²) in [6.07, 6.45) is 0.147. The summed E-state index contributed by atoms with van der Waals surface area (Å²) in [5.74, 6) is -2.16. The van der Waals surface area contributed by atoms with Gasteiger partial charge in [-0.25, -0.2) is 4.39 Å². The van der Waals surface area contributed by atoms with Crippen LogP contribution in [0.3, 0.4) is 0 Å². The van der Waals surface area contributed by atoms with Gasteiger partial charge in [-0.15, -0.1) is 0 Å². The van der Waals surface area contributed by atoms with E-state index in [1.54, 1.807) is 12.1 Å². The summed E-state index contributed by atoms with van der Waals surface area (Å²) < 4.78 is 17.7. The number of anilines is 1. The van der Waals surface area contributed by atoms with E-state index in [0.29, 0.717) is 0 Å². The molecule has 2 rings (SSSR count). The Balaban J connectivity index is 1.66. The molecule has 2 aromatic rings. The zero-order chi connectivity index (χ0) is 18.1. The van der Waals surface area contributed by atoms with Gasteiger partial charge in [0.25, 0.3) is 5.91 Å². The normalized spacial score (nSPS) is 9.96. The minimum Gasteiger partial charge on any atom is -0.454 e. The summed E-state index contributed by atoms with van der Waals surface area (Å²) in [5, 5.41) is 4.81. The van der Waals surface area contributed by atoms with Gasteiger partial charge >= 0.3 is 5.97 Å². The predicted octanol–water partition coefficient (Wildman–Crippen LogP) is 1.67. The predicted molar refractivity (Wildman–Crippen MR) is 89.1 cm³/mol. The summed E-state index contributed by atoms with van der Waals surface area (Å²) in [6, 6.07) is 14.4. The number of carbonyl (C=O) groups is 3. The molecule has 0 bridgehead atoms. The number of rotatable bonds is 7. The van der Waals surface area contributed by atoms with Crippen LogP contribution in [0.4, 0.5) is 10.1 Å². The number of halogens is 1. The van der Waals surface area contributed by atoms with E-state index < -0.39 is 24.3 Å². The van der Waals surface area contributed by atoms with Gasteiger partial charge in [0.1, 0.15) is 12.4 Å². The molecule has 6 nitrogen and oxygen atoms in total. The van der Waals surface area contributed by atoms with E-state index in [4.69, 9.17) is 4.74 Å². The molecule has 130 valence electrons. The maximum absolute atomic E-state index is 13.0. The van der Waals surface area contributed by atoms with Crippen molar-refractivity contribution in [3.8, 4) is 0 Å². The molecule has 0 spiro atoms. The summed E-state index contributed by atoms with van der Waals surface area (Å²) in [5.41, 5.74) is 1.08. The van der Waals surface area contributed by atoms with Gasteiger partial charge in [-0.2, -0.15) is 0 Å². The number of carbonyl (C=O) groups excluding carboxylic acids is 3. The SMILES string of the molecule is O=C(Cc1ccccc1)NCC(=O)OCC(=O)Nc1cccc(F)c1. The van der Waals surface area contributed by atoms with Crippen LogP contribution in [0.5, 0.6) is 0 Å². The minimum atomic E-state index is -0.740. The topological polar surface area (TPSA) is 84.5 Å². The smallest absolute Gasteiger partial charge is 0.325 e. The fourth-order valence-corrected chi connectivity index (χ4v) is 1.97. The Hall–Kier alpha value is -3.22. The van der Waals surface area contributed by atoms with Crippen LogP contribution in [0.25, 0.3) is 0 Å². The van der Waals surface area contributed by atoms with Crippen molar-refractivity contribution < 1.29 is 23.5 Å². The number of hydrogen-bond acceptors (Lipinski definition) is 4. The Kier molecular flexibility index (Phi) is 6.65. The number of nitrogens with one attached hydrogen (secondary N) is 2. The van der Waals surface area contributed by atoms with Gasteiger partial charge in [-0.05, 0) is 23.8 Å². The fourth-order valence-electron chi connectivity index (χ4n) is 1.97. The van der Waals surface area contributed by atoms with Crippen LogP contribution < -0.4 is 10.6 Å². The Morgan fingerprint density at radius 1 is 0.960 bits per heavy atom. The first-order valence-electron chi connectivity index (χ1n) is 7.54. The second-order valence-corrected chi connectivity index (χ2v) is 5.16. The lowest BCUT2D eigenvalue weighted by Gasteiger charge is -2.08. The molecule has 2 aromatic carbocycles. The highest BCUT2D eigenvalue weighted by Gasteiger charge is 2.10. The largest absolute Gasteiger partial charge is 0.454 e. The highest BCUT2D eigenvalue weighted by atomic mass is 19.1. The summed E-state index contributed by atoms with van der Waals surface area (Å²) in [4.78, 5) is 34.8. The van der Waals surface area contributed by atoms with E-state index in [2.05, 4.69) is 10.6 Å². The van der Waals surface area contributed by atoms with Crippen molar-refractivity contribution in [1.82, 2.24) is 5.32 Å². The van der Waals surface area contributed by atoms with E-state index in [9.17, 15) is 18.8 Å². The van der Waals surface area contributed by atoms with Crippen molar-refractivity contribution in [1.29, 1.82) is 0 Å². The molecule has 2 N–H and O–H groups in total. The number of esters is 1. The van der Waals surface area contributed by atoms with E-state index in [-0.39, 0.29) is 24.6 Å². The standard InChI is InChI=1S/C18H17FN2O4/c19-14-7-4-8-15(10-14)21-17(23)12-25-18(24)11-20-16(22)9-13-5-2-1-3-6-13/h1-8,10H,9,11-12H2,(H,20,22)(H,21,23). The molecule has 0 aliphatic rings. The molecule has 7 heteroatoms. The van der Waals surface area contributed by atoms with Crippen LogP contribution in [0.2, 0.25) is 0 Å². The number of hydrogen-bond donors (Lipinski definition) is 2. The second-order valence-electron chi connectivity index (χ2n) is 5.16. The fraction of sp³-hybridized carbons (Fsp3) is 0.167. The third-order valence-corrected chi connectivity index (χ3v) is 3.11. The van der Waals surface area contributed by atoms with Gasteiger partial charge < -0.3 is 15.4 Å². The van der Waals surface area contributed by atoms with Crippen LogP contribution >= 0.6 is 0 Å². The molecule has 25 heavy (non-hydrogen) atoms.